The molecule has 0 radical (unpaired) electrons. The number of aryl methyl sites for hydroxylation is 1. The van der Waals surface area contributed by atoms with Gasteiger partial charge in [0.25, 0.3) is 11.6 Å². The summed E-state index contributed by atoms with van der Waals surface area (Å²) in [6.07, 6.45) is 0.556. The Kier molecular flexibility index (Phi) is 7.49. The summed E-state index contributed by atoms with van der Waals surface area (Å²) in [6.45, 7) is 6.74. The molecule has 0 aliphatic heterocycles. The minimum absolute atomic E-state index is 0. The highest BCUT2D eigenvalue weighted by Gasteiger charge is 2.23. The van der Waals surface area contributed by atoms with Crippen LogP contribution in [0.1, 0.15) is 36.7 Å². The third-order valence-corrected chi connectivity index (χ3v) is 3.47. The summed E-state index contributed by atoms with van der Waals surface area (Å²) >= 11 is 0. The van der Waals surface area contributed by atoms with Gasteiger partial charge in [-0.15, -0.1) is 12.4 Å². The van der Waals surface area contributed by atoms with Crippen LogP contribution < -0.4 is 5.73 Å². The maximum absolute atomic E-state index is 12.4. The SMILES string of the molecule is CCc1ccc(C(=O)N(C)CC(C)(C)CN)cc1[N+](=O)[O-].Cl. The van der Waals surface area contributed by atoms with E-state index in [0.717, 1.165) is 0 Å². The third kappa shape index (κ3) is 4.96. The average molecular weight is 330 g/mol. The zero-order valence-electron chi connectivity index (χ0n) is 13.5. The highest BCUT2D eigenvalue weighted by molar-refractivity contribution is 5.94. The number of halogens is 1. The summed E-state index contributed by atoms with van der Waals surface area (Å²) in [6, 6.07) is 4.64. The molecule has 0 heterocycles. The van der Waals surface area contributed by atoms with E-state index in [1.54, 1.807) is 24.1 Å². The normalized spacial score (nSPS) is 10.8. The quantitative estimate of drug-likeness (QED) is 0.641. The number of carbonyl (C=O) groups excluding carboxylic acids is 1. The fraction of sp³-hybridized carbons (Fsp3) is 0.533. The third-order valence-electron chi connectivity index (χ3n) is 3.47. The van der Waals surface area contributed by atoms with Crippen molar-refractivity contribution in [1.29, 1.82) is 0 Å². The number of amides is 1. The molecule has 0 aliphatic carbocycles. The number of nitrogens with two attached hydrogens (primary N) is 1. The van der Waals surface area contributed by atoms with Crippen LogP contribution in [0.3, 0.4) is 0 Å². The molecule has 1 aromatic carbocycles. The number of carbonyl (C=O) groups is 1. The summed E-state index contributed by atoms with van der Waals surface area (Å²) in [5.74, 6) is -0.234. The van der Waals surface area contributed by atoms with Crippen molar-refractivity contribution in [2.24, 2.45) is 11.1 Å². The number of nitrogens with zero attached hydrogens (tertiary/aromatic N) is 2. The van der Waals surface area contributed by atoms with Gasteiger partial charge >= 0.3 is 0 Å². The fourth-order valence-electron chi connectivity index (χ4n) is 2.16. The summed E-state index contributed by atoms with van der Waals surface area (Å²) in [7, 11) is 1.68. The summed E-state index contributed by atoms with van der Waals surface area (Å²) in [4.78, 5) is 24.5. The number of nitro benzene ring substituents is 1. The second kappa shape index (κ2) is 8.10. The average Bonchev–Trinajstić information content (AvgIpc) is 2.45. The molecule has 0 bridgehead atoms. The molecule has 0 atom stereocenters. The van der Waals surface area contributed by atoms with Gasteiger partial charge in [0.2, 0.25) is 0 Å². The molecule has 0 spiro atoms. The first-order chi connectivity index (χ1) is 9.71. The first kappa shape index (κ1) is 20.3. The Morgan fingerprint density at radius 1 is 1.41 bits per heavy atom. The van der Waals surface area contributed by atoms with Gasteiger partial charge in [-0.2, -0.15) is 0 Å². The number of nitro groups is 1. The van der Waals surface area contributed by atoms with Gasteiger partial charge in [0.15, 0.2) is 0 Å². The van der Waals surface area contributed by atoms with E-state index >= 15 is 0 Å². The molecule has 0 saturated carbocycles. The Hall–Kier alpha value is -1.66. The van der Waals surface area contributed by atoms with Crippen LogP contribution in [-0.4, -0.2) is 35.9 Å². The Balaban J connectivity index is 0.00000441. The smallest absolute Gasteiger partial charge is 0.273 e. The van der Waals surface area contributed by atoms with E-state index in [2.05, 4.69) is 0 Å². The lowest BCUT2D eigenvalue weighted by Crippen LogP contribution is -2.39. The van der Waals surface area contributed by atoms with Crippen molar-refractivity contribution in [1.82, 2.24) is 4.90 Å². The van der Waals surface area contributed by atoms with Crippen molar-refractivity contribution in [3.8, 4) is 0 Å². The molecule has 0 aliphatic rings. The molecular formula is C15H24ClN3O3. The van der Waals surface area contributed by atoms with Crippen LogP contribution >= 0.6 is 12.4 Å². The zero-order valence-corrected chi connectivity index (χ0v) is 14.3. The van der Waals surface area contributed by atoms with Crippen molar-refractivity contribution in [2.45, 2.75) is 27.2 Å². The number of hydrogen-bond acceptors (Lipinski definition) is 4. The molecule has 0 aromatic heterocycles. The predicted molar refractivity (Wildman–Crippen MR) is 89.5 cm³/mol. The Morgan fingerprint density at radius 2 is 2.00 bits per heavy atom. The largest absolute Gasteiger partial charge is 0.341 e. The molecule has 22 heavy (non-hydrogen) atoms. The van der Waals surface area contributed by atoms with Gasteiger partial charge in [0.05, 0.1) is 4.92 Å². The second-order valence-corrected chi connectivity index (χ2v) is 5.98. The number of hydrogen-bond donors (Lipinski definition) is 1. The minimum atomic E-state index is -0.445. The Bertz CT molecular complexity index is 547. The fourth-order valence-corrected chi connectivity index (χ4v) is 2.16. The Morgan fingerprint density at radius 3 is 2.45 bits per heavy atom. The highest BCUT2D eigenvalue weighted by atomic mass is 35.5. The number of benzene rings is 1. The minimum Gasteiger partial charge on any atom is -0.341 e. The van der Waals surface area contributed by atoms with Crippen molar-refractivity contribution in [3.63, 3.8) is 0 Å². The van der Waals surface area contributed by atoms with Gasteiger partial charge in [0, 0.05) is 30.8 Å². The van der Waals surface area contributed by atoms with Gasteiger partial charge in [-0.3, -0.25) is 14.9 Å². The molecule has 1 rings (SSSR count). The molecule has 0 fully saturated rings. The van der Waals surface area contributed by atoms with Crippen molar-refractivity contribution in [3.05, 3.63) is 39.4 Å². The van der Waals surface area contributed by atoms with Crippen LogP contribution in [0, 0.1) is 15.5 Å². The molecule has 1 amide bonds. The van der Waals surface area contributed by atoms with Gasteiger partial charge in [-0.1, -0.05) is 26.8 Å². The van der Waals surface area contributed by atoms with E-state index in [9.17, 15) is 14.9 Å². The van der Waals surface area contributed by atoms with E-state index in [-0.39, 0.29) is 29.4 Å². The van der Waals surface area contributed by atoms with E-state index in [4.69, 9.17) is 5.73 Å². The standard InChI is InChI=1S/C15H23N3O3.ClH/c1-5-11-6-7-12(8-13(11)18(20)21)14(19)17(4)10-15(2,3)9-16;/h6-8H,5,9-10,16H2,1-4H3;1H. The summed E-state index contributed by atoms with van der Waals surface area (Å²) < 4.78 is 0. The van der Waals surface area contributed by atoms with Gasteiger partial charge in [0.1, 0.15) is 0 Å². The van der Waals surface area contributed by atoms with Gasteiger partial charge in [-0.25, -0.2) is 0 Å². The molecule has 2 N–H and O–H groups in total. The van der Waals surface area contributed by atoms with Crippen molar-refractivity contribution in [2.75, 3.05) is 20.1 Å². The van der Waals surface area contributed by atoms with Crippen LogP contribution in [0.5, 0.6) is 0 Å². The predicted octanol–water partition coefficient (Wildman–Crippen LogP) is 2.64. The van der Waals surface area contributed by atoms with Crippen molar-refractivity contribution >= 4 is 24.0 Å². The second-order valence-electron chi connectivity index (χ2n) is 5.98. The lowest BCUT2D eigenvalue weighted by Gasteiger charge is -2.29. The maximum Gasteiger partial charge on any atom is 0.273 e. The molecule has 0 unspecified atom stereocenters. The topological polar surface area (TPSA) is 89.5 Å². The van der Waals surface area contributed by atoms with Crippen LogP contribution in [0.2, 0.25) is 0 Å². The van der Waals surface area contributed by atoms with Crippen LogP contribution in [-0.2, 0) is 6.42 Å². The molecule has 6 nitrogen and oxygen atoms in total. The van der Waals surface area contributed by atoms with Crippen LogP contribution in [0.15, 0.2) is 18.2 Å². The monoisotopic (exact) mass is 329 g/mol. The molecule has 7 heteroatoms. The van der Waals surface area contributed by atoms with Crippen LogP contribution in [0.4, 0.5) is 5.69 Å². The first-order valence-corrected chi connectivity index (χ1v) is 6.94. The van der Waals surface area contributed by atoms with Gasteiger partial charge in [-0.05, 0) is 24.4 Å². The van der Waals surface area contributed by atoms with E-state index in [0.29, 0.717) is 30.6 Å². The molecule has 124 valence electrons. The van der Waals surface area contributed by atoms with Crippen molar-refractivity contribution < 1.29 is 9.72 Å². The maximum atomic E-state index is 12.4. The lowest BCUT2D eigenvalue weighted by atomic mass is 9.93. The van der Waals surface area contributed by atoms with E-state index < -0.39 is 4.92 Å². The highest BCUT2D eigenvalue weighted by Crippen LogP contribution is 2.22. The lowest BCUT2D eigenvalue weighted by molar-refractivity contribution is -0.385. The zero-order chi connectivity index (χ0) is 16.2. The molecule has 1 aromatic rings. The summed E-state index contributed by atoms with van der Waals surface area (Å²) in [5.41, 5.74) is 6.42. The van der Waals surface area contributed by atoms with E-state index in [1.807, 2.05) is 20.8 Å². The molecule has 0 saturated heterocycles. The Labute approximate surface area is 137 Å². The van der Waals surface area contributed by atoms with Gasteiger partial charge < -0.3 is 10.6 Å². The summed E-state index contributed by atoms with van der Waals surface area (Å²) in [5, 5.41) is 11.1. The van der Waals surface area contributed by atoms with E-state index in [1.165, 1.54) is 6.07 Å². The molecular weight excluding hydrogens is 306 g/mol. The van der Waals surface area contributed by atoms with Crippen LogP contribution in [0.25, 0.3) is 0 Å². The first-order valence-electron chi connectivity index (χ1n) is 6.94. The number of rotatable bonds is 6.